The highest BCUT2D eigenvalue weighted by Crippen LogP contribution is 2.26. The van der Waals surface area contributed by atoms with Crippen LogP contribution in [0.3, 0.4) is 0 Å². The molecule has 1 amide bonds. The Morgan fingerprint density at radius 1 is 1.16 bits per heavy atom. The lowest BCUT2D eigenvalue weighted by Crippen LogP contribution is -2.46. The van der Waals surface area contributed by atoms with Gasteiger partial charge in [-0.15, -0.1) is 0 Å². The van der Waals surface area contributed by atoms with Gasteiger partial charge in [0.15, 0.2) is 0 Å². The zero-order valence-electron chi connectivity index (χ0n) is 18.0. The summed E-state index contributed by atoms with van der Waals surface area (Å²) >= 11 is 6.02. The van der Waals surface area contributed by atoms with Crippen molar-refractivity contribution < 1.29 is 13.2 Å². The van der Waals surface area contributed by atoms with Crippen molar-refractivity contribution in [2.24, 2.45) is 5.92 Å². The standard InChI is InChI=1S/C23H30ClN3O3S/c1-26(2)16-14-22(18-10-12-20(24)13-11-18)25-23(28)19-7-6-15-27(17-19)31(29,30)21-8-4-3-5-9-21/h3-5,8-13,19,22H,6-7,14-17H2,1-2H3,(H,25,28). The summed E-state index contributed by atoms with van der Waals surface area (Å²) in [6.45, 7) is 1.44. The molecule has 31 heavy (non-hydrogen) atoms. The van der Waals surface area contributed by atoms with Crippen LogP contribution in [-0.4, -0.2) is 57.3 Å². The van der Waals surface area contributed by atoms with Gasteiger partial charge in [0.2, 0.25) is 15.9 Å². The molecule has 0 bridgehead atoms. The van der Waals surface area contributed by atoms with Crippen LogP contribution in [0.1, 0.15) is 30.9 Å². The molecular formula is C23H30ClN3O3S. The van der Waals surface area contributed by atoms with Crippen LogP contribution in [0.15, 0.2) is 59.5 Å². The Kier molecular flexibility index (Phi) is 8.11. The van der Waals surface area contributed by atoms with E-state index in [2.05, 4.69) is 10.2 Å². The predicted octanol–water partition coefficient (Wildman–Crippen LogP) is 3.55. The number of amides is 1. The summed E-state index contributed by atoms with van der Waals surface area (Å²) in [5.41, 5.74) is 0.990. The predicted molar refractivity (Wildman–Crippen MR) is 123 cm³/mol. The van der Waals surface area contributed by atoms with Gasteiger partial charge in [0.05, 0.1) is 16.9 Å². The van der Waals surface area contributed by atoms with E-state index < -0.39 is 10.0 Å². The molecule has 2 aromatic rings. The van der Waals surface area contributed by atoms with Gasteiger partial charge in [-0.3, -0.25) is 4.79 Å². The molecule has 2 unspecified atom stereocenters. The van der Waals surface area contributed by atoms with E-state index in [0.29, 0.717) is 24.4 Å². The molecule has 0 saturated carbocycles. The smallest absolute Gasteiger partial charge is 0.243 e. The molecule has 1 N–H and O–H groups in total. The first-order chi connectivity index (χ1) is 14.8. The van der Waals surface area contributed by atoms with Crippen LogP contribution in [0.5, 0.6) is 0 Å². The van der Waals surface area contributed by atoms with Crippen molar-refractivity contribution >= 4 is 27.5 Å². The number of halogens is 1. The maximum absolute atomic E-state index is 13.1. The largest absolute Gasteiger partial charge is 0.349 e. The second-order valence-electron chi connectivity index (χ2n) is 8.22. The number of carbonyl (C=O) groups is 1. The summed E-state index contributed by atoms with van der Waals surface area (Å²) in [6, 6.07) is 15.7. The highest BCUT2D eigenvalue weighted by molar-refractivity contribution is 7.89. The van der Waals surface area contributed by atoms with E-state index in [1.165, 1.54) is 4.31 Å². The minimum atomic E-state index is -3.60. The molecule has 1 aliphatic heterocycles. The second kappa shape index (κ2) is 10.6. The lowest BCUT2D eigenvalue weighted by Gasteiger charge is -2.32. The molecule has 8 heteroatoms. The number of benzene rings is 2. The maximum Gasteiger partial charge on any atom is 0.243 e. The molecule has 1 fully saturated rings. The number of carbonyl (C=O) groups excluding carboxylic acids is 1. The van der Waals surface area contributed by atoms with E-state index in [-0.39, 0.29) is 29.3 Å². The average molecular weight is 464 g/mol. The van der Waals surface area contributed by atoms with E-state index in [1.54, 1.807) is 30.3 Å². The average Bonchev–Trinajstić information content (AvgIpc) is 2.77. The van der Waals surface area contributed by atoms with Gasteiger partial charge in [-0.1, -0.05) is 41.9 Å². The summed E-state index contributed by atoms with van der Waals surface area (Å²) in [4.78, 5) is 15.5. The molecule has 6 nitrogen and oxygen atoms in total. The van der Waals surface area contributed by atoms with E-state index in [9.17, 15) is 13.2 Å². The Labute approximate surface area is 190 Å². The molecule has 1 saturated heterocycles. The van der Waals surface area contributed by atoms with Gasteiger partial charge >= 0.3 is 0 Å². The highest BCUT2D eigenvalue weighted by Gasteiger charge is 2.34. The molecule has 0 aliphatic carbocycles. The van der Waals surface area contributed by atoms with Crippen molar-refractivity contribution in [1.82, 2.24) is 14.5 Å². The Hall–Kier alpha value is -1.93. The first-order valence-electron chi connectivity index (χ1n) is 10.5. The van der Waals surface area contributed by atoms with Crippen molar-refractivity contribution in [3.63, 3.8) is 0 Å². The zero-order valence-corrected chi connectivity index (χ0v) is 19.6. The van der Waals surface area contributed by atoms with Gasteiger partial charge in [-0.25, -0.2) is 8.42 Å². The Bertz CT molecular complexity index is 965. The Balaban J connectivity index is 1.71. The lowest BCUT2D eigenvalue weighted by atomic mass is 9.96. The quantitative estimate of drug-likeness (QED) is 0.650. The van der Waals surface area contributed by atoms with Gasteiger partial charge in [0.1, 0.15) is 0 Å². The fraction of sp³-hybridized carbons (Fsp3) is 0.435. The fourth-order valence-corrected chi connectivity index (χ4v) is 5.48. The van der Waals surface area contributed by atoms with Crippen LogP contribution < -0.4 is 5.32 Å². The fourth-order valence-electron chi connectivity index (χ4n) is 3.81. The minimum Gasteiger partial charge on any atom is -0.349 e. The van der Waals surface area contributed by atoms with Crippen molar-refractivity contribution in [1.29, 1.82) is 0 Å². The normalized spacial score (nSPS) is 18.6. The monoisotopic (exact) mass is 463 g/mol. The third kappa shape index (κ3) is 6.29. The van der Waals surface area contributed by atoms with Crippen molar-refractivity contribution in [2.45, 2.75) is 30.2 Å². The molecule has 0 spiro atoms. The molecule has 2 atom stereocenters. The van der Waals surface area contributed by atoms with E-state index >= 15 is 0 Å². The van der Waals surface area contributed by atoms with Crippen LogP contribution >= 0.6 is 11.6 Å². The van der Waals surface area contributed by atoms with Gasteiger partial charge < -0.3 is 10.2 Å². The number of nitrogens with one attached hydrogen (secondary N) is 1. The van der Waals surface area contributed by atoms with E-state index in [4.69, 9.17) is 11.6 Å². The third-order valence-electron chi connectivity index (χ3n) is 5.59. The van der Waals surface area contributed by atoms with Gasteiger partial charge in [0, 0.05) is 18.1 Å². The molecule has 0 radical (unpaired) electrons. The number of hydrogen-bond acceptors (Lipinski definition) is 4. The number of hydrogen-bond donors (Lipinski definition) is 1. The van der Waals surface area contributed by atoms with Gasteiger partial charge in [-0.2, -0.15) is 4.31 Å². The van der Waals surface area contributed by atoms with Crippen LogP contribution in [0, 0.1) is 5.92 Å². The Morgan fingerprint density at radius 2 is 1.84 bits per heavy atom. The maximum atomic E-state index is 13.1. The lowest BCUT2D eigenvalue weighted by molar-refractivity contribution is -0.126. The van der Waals surface area contributed by atoms with E-state index in [0.717, 1.165) is 18.5 Å². The number of piperidine rings is 1. The Morgan fingerprint density at radius 3 is 2.48 bits per heavy atom. The first kappa shape index (κ1) is 23.7. The zero-order chi connectivity index (χ0) is 22.4. The summed E-state index contributed by atoms with van der Waals surface area (Å²) in [7, 11) is 0.385. The first-order valence-corrected chi connectivity index (χ1v) is 12.3. The third-order valence-corrected chi connectivity index (χ3v) is 7.72. The molecular weight excluding hydrogens is 434 g/mol. The molecule has 3 rings (SSSR count). The molecule has 0 aromatic heterocycles. The summed E-state index contributed by atoms with van der Waals surface area (Å²) in [5.74, 6) is -0.479. The van der Waals surface area contributed by atoms with Crippen molar-refractivity contribution in [3.8, 4) is 0 Å². The van der Waals surface area contributed by atoms with Crippen LogP contribution in [0.25, 0.3) is 0 Å². The topological polar surface area (TPSA) is 69.7 Å². The van der Waals surface area contributed by atoms with Crippen molar-refractivity contribution in [3.05, 3.63) is 65.2 Å². The number of nitrogens with zero attached hydrogens (tertiary/aromatic N) is 2. The number of rotatable bonds is 8. The summed E-state index contributed by atoms with van der Waals surface area (Å²) in [5, 5.41) is 3.81. The minimum absolute atomic E-state index is 0.105. The molecule has 1 heterocycles. The molecule has 2 aromatic carbocycles. The van der Waals surface area contributed by atoms with Crippen molar-refractivity contribution in [2.75, 3.05) is 33.7 Å². The van der Waals surface area contributed by atoms with Crippen LogP contribution in [-0.2, 0) is 14.8 Å². The van der Waals surface area contributed by atoms with Gasteiger partial charge in [0.25, 0.3) is 0 Å². The molecule has 1 aliphatic rings. The summed E-state index contributed by atoms with van der Waals surface area (Å²) in [6.07, 6.45) is 2.08. The SMILES string of the molecule is CN(C)CCC(NC(=O)C1CCCN(S(=O)(=O)c2ccccc2)C1)c1ccc(Cl)cc1. The summed E-state index contributed by atoms with van der Waals surface area (Å²) < 4.78 is 27.4. The van der Waals surface area contributed by atoms with Crippen LogP contribution in [0.4, 0.5) is 0 Å². The van der Waals surface area contributed by atoms with Gasteiger partial charge in [-0.05, 0) is 69.7 Å². The number of sulfonamides is 1. The second-order valence-corrected chi connectivity index (χ2v) is 10.6. The highest BCUT2D eigenvalue weighted by atomic mass is 35.5. The van der Waals surface area contributed by atoms with Crippen LogP contribution in [0.2, 0.25) is 5.02 Å². The molecule has 168 valence electrons. The van der Waals surface area contributed by atoms with E-state index in [1.807, 2.05) is 38.4 Å².